The van der Waals surface area contributed by atoms with Gasteiger partial charge in [-0.1, -0.05) is 75.7 Å². The standard InChI is InChI=1S/C28H32BrNO2/c1-5-6-10-21-13-18-26(25(29)19-21)30-27(31)20(2)32-24-16-14-23(15-17-24)28(3,4)22-11-8-7-9-12-22/h7-9,11-20H,5-6,10H2,1-4H3,(H,30,31). The zero-order valence-corrected chi connectivity index (χ0v) is 20.9. The van der Waals surface area contributed by atoms with Gasteiger partial charge in [-0.2, -0.15) is 0 Å². The number of halogens is 1. The van der Waals surface area contributed by atoms with Crippen LogP contribution in [0.1, 0.15) is 57.2 Å². The van der Waals surface area contributed by atoms with Gasteiger partial charge in [0.05, 0.1) is 5.69 Å². The van der Waals surface area contributed by atoms with Gasteiger partial charge in [0.15, 0.2) is 6.10 Å². The van der Waals surface area contributed by atoms with Crippen molar-refractivity contribution in [2.24, 2.45) is 0 Å². The number of anilines is 1. The number of unbranched alkanes of at least 4 members (excludes halogenated alkanes) is 1. The second-order valence-corrected chi connectivity index (χ2v) is 9.54. The summed E-state index contributed by atoms with van der Waals surface area (Å²) in [6.45, 7) is 8.36. The third-order valence-corrected chi connectivity index (χ3v) is 6.52. The molecule has 0 aromatic heterocycles. The monoisotopic (exact) mass is 493 g/mol. The lowest BCUT2D eigenvalue weighted by Crippen LogP contribution is -2.30. The minimum absolute atomic E-state index is 0.113. The first-order valence-electron chi connectivity index (χ1n) is 11.2. The fourth-order valence-electron chi connectivity index (χ4n) is 3.66. The minimum Gasteiger partial charge on any atom is -0.481 e. The fraction of sp³-hybridized carbons (Fsp3) is 0.321. The Bertz CT molecular complexity index is 1030. The van der Waals surface area contributed by atoms with Gasteiger partial charge in [0, 0.05) is 9.89 Å². The summed E-state index contributed by atoms with van der Waals surface area (Å²) in [5.41, 5.74) is 4.36. The number of nitrogens with one attached hydrogen (secondary N) is 1. The fourth-order valence-corrected chi connectivity index (χ4v) is 4.19. The molecule has 0 saturated carbocycles. The molecule has 0 radical (unpaired) electrons. The number of carbonyl (C=O) groups is 1. The quantitative estimate of drug-likeness (QED) is 0.334. The maximum absolute atomic E-state index is 12.7. The van der Waals surface area contributed by atoms with Crippen molar-refractivity contribution < 1.29 is 9.53 Å². The van der Waals surface area contributed by atoms with Gasteiger partial charge in [-0.05, 0) is 76.7 Å². The molecule has 3 aromatic carbocycles. The largest absolute Gasteiger partial charge is 0.481 e. The smallest absolute Gasteiger partial charge is 0.265 e. The SMILES string of the molecule is CCCCc1ccc(NC(=O)C(C)Oc2ccc(C(C)(C)c3ccccc3)cc2)c(Br)c1. The van der Waals surface area contributed by atoms with E-state index in [2.05, 4.69) is 90.5 Å². The van der Waals surface area contributed by atoms with Gasteiger partial charge in [-0.25, -0.2) is 0 Å². The molecule has 1 unspecified atom stereocenters. The predicted molar refractivity (Wildman–Crippen MR) is 136 cm³/mol. The number of hydrogen-bond donors (Lipinski definition) is 1. The Hall–Kier alpha value is -2.59. The average molecular weight is 494 g/mol. The first kappa shape index (κ1) is 24.1. The molecule has 0 spiro atoms. The van der Waals surface area contributed by atoms with E-state index in [1.54, 1.807) is 6.92 Å². The van der Waals surface area contributed by atoms with Crippen LogP contribution in [0, 0.1) is 0 Å². The minimum atomic E-state index is -0.616. The van der Waals surface area contributed by atoms with Crippen molar-refractivity contribution in [2.45, 2.75) is 58.5 Å². The van der Waals surface area contributed by atoms with Crippen molar-refractivity contribution in [3.63, 3.8) is 0 Å². The third kappa shape index (κ3) is 6.01. The van der Waals surface area contributed by atoms with Crippen LogP contribution < -0.4 is 10.1 Å². The van der Waals surface area contributed by atoms with Gasteiger partial charge >= 0.3 is 0 Å². The molecule has 3 aromatic rings. The Labute approximate surface area is 200 Å². The molecule has 0 aliphatic rings. The van der Waals surface area contributed by atoms with Crippen molar-refractivity contribution in [2.75, 3.05) is 5.32 Å². The molecule has 0 bridgehead atoms. The van der Waals surface area contributed by atoms with Crippen LogP contribution in [0.25, 0.3) is 0 Å². The van der Waals surface area contributed by atoms with Gasteiger partial charge in [0.2, 0.25) is 0 Å². The first-order valence-corrected chi connectivity index (χ1v) is 12.0. The van der Waals surface area contributed by atoms with E-state index < -0.39 is 6.10 Å². The number of rotatable bonds is 9. The van der Waals surface area contributed by atoms with E-state index in [0.717, 1.165) is 29.4 Å². The maximum Gasteiger partial charge on any atom is 0.265 e. The second kappa shape index (κ2) is 10.8. The van der Waals surface area contributed by atoms with Crippen molar-refractivity contribution in [3.05, 3.63) is 94.0 Å². The summed E-state index contributed by atoms with van der Waals surface area (Å²) in [5, 5.41) is 2.96. The summed E-state index contributed by atoms with van der Waals surface area (Å²) in [4.78, 5) is 12.7. The molecule has 0 aliphatic heterocycles. The van der Waals surface area contributed by atoms with Gasteiger partial charge in [0.25, 0.3) is 5.91 Å². The molecule has 1 N–H and O–H groups in total. The van der Waals surface area contributed by atoms with Crippen molar-refractivity contribution in [1.82, 2.24) is 0 Å². The van der Waals surface area contributed by atoms with Crippen LogP contribution in [0.2, 0.25) is 0 Å². The maximum atomic E-state index is 12.7. The van der Waals surface area contributed by atoms with Gasteiger partial charge in [0.1, 0.15) is 5.75 Å². The van der Waals surface area contributed by atoms with Gasteiger partial charge in [-0.15, -0.1) is 0 Å². The Morgan fingerprint density at radius 1 is 1.00 bits per heavy atom. The molecular weight excluding hydrogens is 462 g/mol. The lowest BCUT2D eigenvalue weighted by atomic mass is 9.78. The van der Waals surface area contributed by atoms with Gasteiger partial charge in [-0.3, -0.25) is 4.79 Å². The second-order valence-electron chi connectivity index (χ2n) is 8.68. The Balaban J connectivity index is 1.62. The van der Waals surface area contributed by atoms with Crippen LogP contribution in [0.5, 0.6) is 5.75 Å². The summed E-state index contributed by atoms with van der Waals surface area (Å²) in [5.74, 6) is 0.495. The highest BCUT2D eigenvalue weighted by Gasteiger charge is 2.23. The topological polar surface area (TPSA) is 38.3 Å². The number of amides is 1. The zero-order chi connectivity index (χ0) is 23.1. The predicted octanol–water partition coefficient (Wildman–Crippen LogP) is 7.52. The van der Waals surface area contributed by atoms with E-state index in [1.807, 2.05) is 24.3 Å². The van der Waals surface area contributed by atoms with Crippen LogP contribution in [0.15, 0.2) is 77.3 Å². The average Bonchev–Trinajstić information content (AvgIpc) is 2.80. The van der Waals surface area contributed by atoms with Crippen LogP contribution in [-0.4, -0.2) is 12.0 Å². The molecule has 3 rings (SSSR count). The molecular formula is C28H32BrNO2. The summed E-state index contributed by atoms with van der Waals surface area (Å²) >= 11 is 3.57. The first-order chi connectivity index (χ1) is 15.3. The summed E-state index contributed by atoms with van der Waals surface area (Å²) < 4.78 is 6.80. The van der Waals surface area contributed by atoms with E-state index in [-0.39, 0.29) is 11.3 Å². The number of aryl methyl sites for hydroxylation is 1. The van der Waals surface area contributed by atoms with Crippen LogP contribution in [-0.2, 0) is 16.6 Å². The number of hydrogen-bond acceptors (Lipinski definition) is 2. The van der Waals surface area contributed by atoms with Crippen LogP contribution in [0.4, 0.5) is 5.69 Å². The number of ether oxygens (including phenoxy) is 1. The molecule has 1 amide bonds. The normalized spacial score (nSPS) is 12.3. The molecule has 1 atom stereocenters. The lowest BCUT2D eigenvalue weighted by Gasteiger charge is -2.26. The molecule has 0 heterocycles. The van der Waals surface area contributed by atoms with Crippen molar-refractivity contribution in [1.29, 1.82) is 0 Å². The molecule has 0 aliphatic carbocycles. The van der Waals surface area contributed by atoms with Gasteiger partial charge < -0.3 is 10.1 Å². The van der Waals surface area contributed by atoms with Crippen molar-refractivity contribution in [3.8, 4) is 5.75 Å². The highest BCUT2D eigenvalue weighted by atomic mass is 79.9. The molecule has 32 heavy (non-hydrogen) atoms. The van der Waals surface area contributed by atoms with E-state index in [1.165, 1.54) is 16.7 Å². The van der Waals surface area contributed by atoms with Crippen molar-refractivity contribution >= 4 is 27.5 Å². The highest BCUT2D eigenvalue weighted by Crippen LogP contribution is 2.32. The highest BCUT2D eigenvalue weighted by molar-refractivity contribution is 9.10. The van der Waals surface area contributed by atoms with Crippen LogP contribution in [0.3, 0.4) is 0 Å². The Morgan fingerprint density at radius 2 is 1.66 bits per heavy atom. The van der Waals surface area contributed by atoms with E-state index in [4.69, 9.17) is 4.74 Å². The molecule has 0 saturated heterocycles. The molecule has 4 heteroatoms. The molecule has 3 nitrogen and oxygen atoms in total. The molecule has 0 fully saturated rings. The van der Waals surface area contributed by atoms with E-state index in [9.17, 15) is 4.79 Å². The molecule has 168 valence electrons. The Kier molecular flexibility index (Phi) is 8.14. The summed E-state index contributed by atoms with van der Waals surface area (Å²) in [6.07, 6.45) is 2.74. The number of benzene rings is 3. The van der Waals surface area contributed by atoms with E-state index in [0.29, 0.717) is 5.75 Å². The third-order valence-electron chi connectivity index (χ3n) is 5.86. The van der Waals surface area contributed by atoms with Crippen LogP contribution >= 0.6 is 15.9 Å². The number of carbonyl (C=O) groups excluding carboxylic acids is 1. The zero-order valence-electron chi connectivity index (χ0n) is 19.3. The Morgan fingerprint density at radius 3 is 2.28 bits per heavy atom. The summed E-state index contributed by atoms with van der Waals surface area (Å²) in [6, 6.07) is 24.5. The summed E-state index contributed by atoms with van der Waals surface area (Å²) in [7, 11) is 0. The lowest BCUT2D eigenvalue weighted by molar-refractivity contribution is -0.122. The van der Waals surface area contributed by atoms with E-state index >= 15 is 0 Å².